The summed E-state index contributed by atoms with van der Waals surface area (Å²) in [4.78, 5) is 0. The summed E-state index contributed by atoms with van der Waals surface area (Å²) in [6, 6.07) is 0. The zero-order valence-corrected chi connectivity index (χ0v) is 9.87. The third-order valence-corrected chi connectivity index (χ3v) is 1.68. The molecule has 94 valence electrons. The van der Waals surface area contributed by atoms with Crippen molar-refractivity contribution in [3.63, 3.8) is 0 Å². The Morgan fingerprint density at radius 3 is 1.93 bits per heavy atom. The fourth-order valence-electron chi connectivity index (χ4n) is 0.470. The minimum Gasteiger partial charge on any atom is -0.263 e. The van der Waals surface area contributed by atoms with Gasteiger partial charge >= 0.3 is 6.18 Å². The van der Waals surface area contributed by atoms with Crippen LogP contribution in [0.4, 0.5) is 13.2 Å². The van der Waals surface area contributed by atoms with E-state index in [0.29, 0.717) is 0 Å². The molecule has 15 heavy (non-hydrogen) atoms. The lowest BCUT2D eigenvalue weighted by molar-refractivity contribution is -0.151. The first-order valence-electron chi connectivity index (χ1n) is 4.23. The van der Waals surface area contributed by atoms with Crippen molar-refractivity contribution in [3.8, 4) is 0 Å². The normalized spacial score (nSPS) is 11.1. The van der Waals surface area contributed by atoms with Crippen molar-refractivity contribution in [2.24, 2.45) is 0 Å². The fourth-order valence-corrected chi connectivity index (χ4v) is 0.911. The summed E-state index contributed by atoms with van der Waals surface area (Å²) >= 11 is 5.38. The van der Waals surface area contributed by atoms with Crippen LogP contribution in [-0.2, 0) is 15.2 Å². The zero-order valence-electron chi connectivity index (χ0n) is 8.22. The van der Waals surface area contributed by atoms with Crippen molar-refractivity contribution in [1.82, 2.24) is 0 Å². The second-order valence-electron chi connectivity index (χ2n) is 2.51. The summed E-state index contributed by atoms with van der Waals surface area (Å²) < 4.78 is 55.0. The van der Waals surface area contributed by atoms with Gasteiger partial charge in [-0.1, -0.05) is 19.8 Å². The molecule has 0 N–H and O–H groups in total. The van der Waals surface area contributed by atoms with Crippen LogP contribution in [0.25, 0.3) is 0 Å². The van der Waals surface area contributed by atoms with E-state index >= 15 is 0 Å². The maximum atomic E-state index is 11.0. The summed E-state index contributed by atoms with van der Waals surface area (Å²) in [5.74, 6) is 0.827. The van der Waals surface area contributed by atoms with E-state index in [4.69, 9.17) is 11.6 Å². The molecule has 0 amide bonds. The average molecular weight is 271 g/mol. The highest BCUT2D eigenvalue weighted by molar-refractivity contribution is 7.67. The predicted octanol–water partition coefficient (Wildman–Crippen LogP) is 2.51. The Balaban J connectivity index is 0. The molecule has 0 aromatic heterocycles. The molecular weight excluding hydrogens is 257 g/mol. The number of hydrogen-bond acceptors (Lipinski definition) is 3. The number of rotatable bonds is 5. The Kier molecular flexibility index (Phi) is 12.2. The van der Waals surface area contributed by atoms with Gasteiger partial charge in [0, 0.05) is 5.88 Å². The molecule has 8 heteroatoms. The van der Waals surface area contributed by atoms with Crippen LogP contribution >= 0.6 is 11.6 Å². The first-order valence-corrected chi connectivity index (χ1v) is 5.86. The van der Waals surface area contributed by atoms with Crippen molar-refractivity contribution in [2.75, 3.05) is 12.5 Å². The van der Waals surface area contributed by atoms with Crippen molar-refractivity contribution >= 4 is 22.6 Å². The Labute approximate surface area is 93.7 Å². The van der Waals surface area contributed by atoms with Gasteiger partial charge < -0.3 is 0 Å². The van der Waals surface area contributed by atoms with Gasteiger partial charge in [-0.05, 0) is 6.42 Å². The first kappa shape index (κ1) is 17.4. The number of unbranched alkanes of at least 4 members (excludes halogenated alkanes) is 2. The van der Waals surface area contributed by atoms with Crippen LogP contribution in [0.2, 0.25) is 0 Å². The van der Waals surface area contributed by atoms with Crippen LogP contribution < -0.4 is 0 Å². The molecule has 0 rings (SSSR count). The van der Waals surface area contributed by atoms with Gasteiger partial charge in [0.1, 0.15) is 0 Å². The molecule has 0 radical (unpaired) electrons. The standard InChI is InChI=1S/C5H11Cl.C2H3F3O3S/c1-2-3-4-5-6;3-2(4,5)1-8-9(6)7/h2-5H2,1H3;9H,1H2. The second-order valence-corrected chi connectivity index (χ2v) is 3.59. The Morgan fingerprint density at radius 2 is 1.80 bits per heavy atom. The highest BCUT2D eigenvalue weighted by atomic mass is 35.5. The van der Waals surface area contributed by atoms with Crippen molar-refractivity contribution in [3.05, 3.63) is 0 Å². The second kappa shape index (κ2) is 10.5. The molecular formula is C7H14ClF3O3S. The monoisotopic (exact) mass is 270 g/mol. The van der Waals surface area contributed by atoms with Gasteiger partial charge in [0.15, 0.2) is 6.61 Å². The summed E-state index contributed by atoms with van der Waals surface area (Å²) in [6.45, 7) is 0.429. The molecule has 0 atom stereocenters. The Morgan fingerprint density at radius 1 is 1.27 bits per heavy atom. The van der Waals surface area contributed by atoms with Crippen LogP contribution in [0, 0.1) is 0 Å². The lowest BCUT2D eigenvalue weighted by Gasteiger charge is -2.00. The topological polar surface area (TPSA) is 43.4 Å². The molecule has 0 unspecified atom stereocenters. The van der Waals surface area contributed by atoms with Crippen LogP contribution in [0.1, 0.15) is 26.2 Å². The highest BCUT2D eigenvalue weighted by Gasteiger charge is 2.27. The van der Waals surface area contributed by atoms with E-state index in [9.17, 15) is 21.6 Å². The SMILES string of the molecule is CCCCCCl.O=[SH](=O)OCC(F)(F)F. The van der Waals surface area contributed by atoms with E-state index in [2.05, 4.69) is 11.1 Å². The van der Waals surface area contributed by atoms with Gasteiger partial charge in [-0.25, -0.2) is 8.42 Å². The van der Waals surface area contributed by atoms with E-state index in [1.165, 1.54) is 19.3 Å². The molecule has 0 spiro atoms. The quantitative estimate of drug-likeness (QED) is 0.474. The third-order valence-electron chi connectivity index (χ3n) is 1.07. The molecule has 0 fully saturated rings. The summed E-state index contributed by atoms with van der Waals surface area (Å²) in [5.41, 5.74) is 0. The van der Waals surface area contributed by atoms with Gasteiger partial charge in [-0.15, -0.1) is 11.6 Å². The minimum absolute atomic E-state index is 0.827. The Hall–Kier alpha value is -0.0100. The predicted molar refractivity (Wildman–Crippen MR) is 52.6 cm³/mol. The Bertz CT molecular complexity index is 194. The smallest absolute Gasteiger partial charge is 0.263 e. The first-order chi connectivity index (χ1) is 6.83. The van der Waals surface area contributed by atoms with Gasteiger partial charge in [-0.2, -0.15) is 13.2 Å². The van der Waals surface area contributed by atoms with Gasteiger partial charge in [0.2, 0.25) is 0 Å². The van der Waals surface area contributed by atoms with E-state index in [1.54, 1.807) is 0 Å². The van der Waals surface area contributed by atoms with Gasteiger partial charge in [0.25, 0.3) is 11.0 Å². The third kappa shape index (κ3) is 24.9. The largest absolute Gasteiger partial charge is 0.413 e. The van der Waals surface area contributed by atoms with Crippen LogP contribution in [0.5, 0.6) is 0 Å². The van der Waals surface area contributed by atoms with Gasteiger partial charge in [-0.3, -0.25) is 4.18 Å². The highest BCUT2D eigenvalue weighted by Crippen LogP contribution is 2.13. The molecule has 0 saturated carbocycles. The molecule has 0 aliphatic heterocycles. The van der Waals surface area contributed by atoms with Crippen molar-refractivity contribution in [1.29, 1.82) is 0 Å². The lowest BCUT2D eigenvalue weighted by Crippen LogP contribution is -2.16. The van der Waals surface area contributed by atoms with Gasteiger partial charge in [0.05, 0.1) is 0 Å². The van der Waals surface area contributed by atoms with E-state index in [0.717, 1.165) is 5.88 Å². The van der Waals surface area contributed by atoms with Crippen LogP contribution in [0.3, 0.4) is 0 Å². The molecule has 0 aromatic carbocycles. The molecule has 0 aromatic rings. The number of halogens is 4. The minimum atomic E-state index is -4.57. The zero-order chi connectivity index (χ0) is 12.3. The summed E-state index contributed by atoms with van der Waals surface area (Å²) in [5, 5.41) is 0. The summed E-state index contributed by atoms with van der Waals surface area (Å²) in [6.07, 6.45) is -0.844. The average Bonchev–Trinajstić information content (AvgIpc) is 2.11. The van der Waals surface area contributed by atoms with Crippen LogP contribution in [-0.4, -0.2) is 27.1 Å². The molecule has 0 saturated heterocycles. The van der Waals surface area contributed by atoms with Crippen molar-refractivity contribution < 1.29 is 25.8 Å². The molecule has 0 heterocycles. The molecule has 0 aliphatic rings. The lowest BCUT2D eigenvalue weighted by atomic mass is 10.3. The number of thiol groups is 1. The maximum Gasteiger partial charge on any atom is 0.413 e. The van der Waals surface area contributed by atoms with E-state index in [-0.39, 0.29) is 0 Å². The van der Waals surface area contributed by atoms with E-state index < -0.39 is 23.8 Å². The van der Waals surface area contributed by atoms with Crippen LogP contribution in [0.15, 0.2) is 0 Å². The molecule has 0 aliphatic carbocycles. The van der Waals surface area contributed by atoms with E-state index in [1.807, 2.05) is 0 Å². The molecule has 3 nitrogen and oxygen atoms in total. The number of alkyl halides is 4. The summed E-state index contributed by atoms with van der Waals surface area (Å²) in [7, 11) is -3.38. The van der Waals surface area contributed by atoms with Crippen molar-refractivity contribution in [2.45, 2.75) is 32.4 Å². The number of hydrogen-bond donors (Lipinski definition) is 1. The maximum absolute atomic E-state index is 11.0. The molecule has 0 bridgehead atoms. The fraction of sp³-hybridized carbons (Fsp3) is 1.00.